The van der Waals surface area contributed by atoms with E-state index in [9.17, 15) is 0 Å². The van der Waals surface area contributed by atoms with Crippen molar-refractivity contribution in [2.75, 3.05) is 24.5 Å². The van der Waals surface area contributed by atoms with Crippen LogP contribution in [0.5, 0.6) is 0 Å². The maximum absolute atomic E-state index is 5.60. The summed E-state index contributed by atoms with van der Waals surface area (Å²) in [6.45, 7) is 5.11. The third-order valence-corrected chi connectivity index (χ3v) is 4.05. The van der Waals surface area contributed by atoms with E-state index in [2.05, 4.69) is 38.8 Å². The van der Waals surface area contributed by atoms with Gasteiger partial charge in [0.2, 0.25) is 0 Å². The zero-order valence-corrected chi connectivity index (χ0v) is 11.2. The molecule has 1 aromatic rings. The molecule has 1 atom stereocenters. The average molecular weight is 284 g/mol. The summed E-state index contributed by atoms with van der Waals surface area (Å²) in [5.74, 6) is 1.84. The maximum atomic E-state index is 5.60. The summed E-state index contributed by atoms with van der Waals surface area (Å²) in [5.41, 5.74) is 6.84. The Morgan fingerprint density at radius 3 is 3.12 bits per heavy atom. The molecule has 1 aliphatic rings. The molecule has 2 N–H and O–H groups in total. The van der Waals surface area contributed by atoms with Crippen molar-refractivity contribution in [3.8, 4) is 0 Å². The largest absolute Gasteiger partial charge is 0.356 e. The highest BCUT2D eigenvalue weighted by Gasteiger charge is 2.22. The number of hydrogen-bond donors (Lipinski definition) is 1. The van der Waals surface area contributed by atoms with Crippen molar-refractivity contribution >= 4 is 21.7 Å². The van der Waals surface area contributed by atoms with Gasteiger partial charge in [-0.2, -0.15) is 0 Å². The lowest BCUT2D eigenvalue weighted by Gasteiger charge is -2.18. The third-order valence-electron chi connectivity index (χ3n) is 3.22. The van der Waals surface area contributed by atoms with E-state index in [-0.39, 0.29) is 0 Å². The molecule has 2 rings (SSSR count). The predicted octanol–water partition coefficient (Wildman–Crippen LogP) is 2.33. The van der Waals surface area contributed by atoms with Crippen molar-refractivity contribution in [2.45, 2.75) is 19.8 Å². The fourth-order valence-corrected chi connectivity index (χ4v) is 2.43. The molecule has 0 amide bonds. The summed E-state index contributed by atoms with van der Waals surface area (Å²) >= 11 is 3.48. The number of nitrogens with zero attached hydrogens (tertiary/aromatic N) is 2. The molecule has 1 aromatic heterocycles. The first-order valence-electron chi connectivity index (χ1n) is 5.78. The Balaban J connectivity index is 2.05. The first-order chi connectivity index (χ1) is 7.70. The smallest absolute Gasteiger partial charge is 0.128 e. The maximum Gasteiger partial charge on any atom is 0.128 e. The summed E-state index contributed by atoms with van der Waals surface area (Å²) < 4.78 is 1.08. The van der Waals surface area contributed by atoms with Gasteiger partial charge in [0, 0.05) is 23.8 Å². The lowest BCUT2D eigenvalue weighted by Crippen LogP contribution is -2.21. The van der Waals surface area contributed by atoms with Crippen LogP contribution in [0.3, 0.4) is 0 Å². The Morgan fingerprint density at radius 2 is 2.44 bits per heavy atom. The molecule has 2 heterocycles. The van der Waals surface area contributed by atoms with Crippen molar-refractivity contribution in [2.24, 2.45) is 11.7 Å². The SMILES string of the molecule is Cc1cc(N2CCC(CCN)C2)ncc1Br. The second-order valence-electron chi connectivity index (χ2n) is 4.47. The molecule has 0 bridgehead atoms. The lowest BCUT2D eigenvalue weighted by molar-refractivity contribution is 0.546. The van der Waals surface area contributed by atoms with E-state index < -0.39 is 0 Å². The van der Waals surface area contributed by atoms with Crippen LogP contribution in [-0.2, 0) is 0 Å². The second-order valence-corrected chi connectivity index (χ2v) is 5.32. The van der Waals surface area contributed by atoms with E-state index in [0.717, 1.165) is 42.3 Å². The Hall–Kier alpha value is -0.610. The van der Waals surface area contributed by atoms with Gasteiger partial charge in [0.1, 0.15) is 5.82 Å². The van der Waals surface area contributed by atoms with Crippen LogP contribution < -0.4 is 10.6 Å². The van der Waals surface area contributed by atoms with Crippen LogP contribution in [0.25, 0.3) is 0 Å². The second kappa shape index (κ2) is 5.15. The molecule has 0 aliphatic carbocycles. The molecule has 1 unspecified atom stereocenters. The molecule has 0 radical (unpaired) electrons. The number of aryl methyl sites for hydroxylation is 1. The van der Waals surface area contributed by atoms with Gasteiger partial charge in [-0.25, -0.2) is 4.98 Å². The van der Waals surface area contributed by atoms with Crippen LogP contribution >= 0.6 is 15.9 Å². The Kier molecular flexibility index (Phi) is 3.82. The van der Waals surface area contributed by atoms with E-state index in [4.69, 9.17) is 5.73 Å². The minimum absolute atomic E-state index is 0.746. The summed E-state index contributed by atoms with van der Waals surface area (Å²) in [7, 11) is 0. The molecule has 88 valence electrons. The Bertz CT molecular complexity index is 367. The number of hydrogen-bond acceptors (Lipinski definition) is 3. The van der Waals surface area contributed by atoms with Gasteiger partial charge in [0.05, 0.1) is 0 Å². The highest BCUT2D eigenvalue weighted by Crippen LogP contribution is 2.26. The van der Waals surface area contributed by atoms with E-state index in [0.29, 0.717) is 0 Å². The molecule has 4 heteroatoms. The Labute approximate surface area is 105 Å². The first-order valence-corrected chi connectivity index (χ1v) is 6.57. The quantitative estimate of drug-likeness (QED) is 0.926. The predicted molar refractivity (Wildman–Crippen MR) is 70.7 cm³/mol. The van der Waals surface area contributed by atoms with Crippen molar-refractivity contribution in [1.29, 1.82) is 0 Å². The molecule has 3 nitrogen and oxygen atoms in total. The van der Waals surface area contributed by atoms with Gasteiger partial charge in [0.15, 0.2) is 0 Å². The van der Waals surface area contributed by atoms with Crippen LogP contribution in [0.1, 0.15) is 18.4 Å². The topological polar surface area (TPSA) is 42.1 Å². The Morgan fingerprint density at radius 1 is 1.62 bits per heavy atom. The lowest BCUT2D eigenvalue weighted by atomic mass is 10.1. The summed E-state index contributed by atoms with van der Waals surface area (Å²) in [4.78, 5) is 6.82. The monoisotopic (exact) mass is 283 g/mol. The fourth-order valence-electron chi connectivity index (χ4n) is 2.21. The van der Waals surface area contributed by atoms with Gasteiger partial charge >= 0.3 is 0 Å². The van der Waals surface area contributed by atoms with E-state index >= 15 is 0 Å². The zero-order valence-electron chi connectivity index (χ0n) is 9.62. The zero-order chi connectivity index (χ0) is 11.5. The van der Waals surface area contributed by atoms with Crippen molar-refractivity contribution < 1.29 is 0 Å². The minimum atomic E-state index is 0.746. The van der Waals surface area contributed by atoms with Crippen LogP contribution in [0.4, 0.5) is 5.82 Å². The van der Waals surface area contributed by atoms with Gasteiger partial charge in [-0.15, -0.1) is 0 Å². The van der Waals surface area contributed by atoms with Crippen molar-refractivity contribution in [3.63, 3.8) is 0 Å². The number of anilines is 1. The summed E-state index contributed by atoms with van der Waals surface area (Å²) in [5, 5.41) is 0. The van der Waals surface area contributed by atoms with Gasteiger partial charge in [-0.1, -0.05) is 0 Å². The average Bonchev–Trinajstić information content (AvgIpc) is 2.71. The highest BCUT2D eigenvalue weighted by molar-refractivity contribution is 9.10. The van der Waals surface area contributed by atoms with Crippen LogP contribution in [-0.4, -0.2) is 24.6 Å². The number of halogens is 1. The molecule has 0 spiro atoms. The summed E-state index contributed by atoms with van der Waals surface area (Å²) in [6, 6.07) is 2.15. The highest BCUT2D eigenvalue weighted by atomic mass is 79.9. The van der Waals surface area contributed by atoms with Gasteiger partial charge < -0.3 is 10.6 Å². The number of aromatic nitrogens is 1. The normalized spacial score (nSPS) is 20.4. The summed E-state index contributed by atoms with van der Waals surface area (Å²) in [6.07, 6.45) is 4.26. The third kappa shape index (κ3) is 2.55. The molecule has 0 saturated carbocycles. The molecule has 0 aromatic carbocycles. The van der Waals surface area contributed by atoms with Gasteiger partial charge in [-0.05, 0) is 59.8 Å². The van der Waals surface area contributed by atoms with E-state index in [1.807, 2.05) is 6.20 Å². The van der Waals surface area contributed by atoms with E-state index in [1.165, 1.54) is 12.0 Å². The number of pyridine rings is 1. The fraction of sp³-hybridized carbons (Fsp3) is 0.583. The number of rotatable bonds is 3. The molecule has 16 heavy (non-hydrogen) atoms. The van der Waals surface area contributed by atoms with Crippen LogP contribution in [0.15, 0.2) is 16.7 Å². The molecular weight excluding hydrogens is 266 g/mol. The molecule has 1 fully saturated rings. The van der Waals surface area contributed by atoms with Gasteiger partial charge in [0.25, 0.3) is 0 Å². The number of nitrogens with two attached hydrogens (primary N) is 1. The van der Waals surface area contributed by atoms with Crippen molar-refractivity contribution in [1.82, 2.24) is 4.98 Å². The molecule has 1 saturated heterocycles. The van der Waals surface area contributed by atoms with Crippen LogP contribution in [0.2, 0.25) is 0 Å². The van der Waals surface area contributed by atoms with Gasteiger partial charge in [-0.3, -0.25) is 0 Å². The van der Waals surface area contributed by atoms with E-state index in [1.54, 1.807) is 0 Å². The van der Waals surface area contributed by atoms with Crippen LogP contribution in [0, 0.1) is 12.8 Å². The first kappa shape index (κ1) is 11.9. The minimum Gasteiger partial charge on any atom is -0.356 e. The standard InChI is InChI=1S/C12H18BrN3/c1-9-6-12(15-7-11(9)13)16-5-3-10(8-16)2-4-14/h6-7,10H,2-5,8,14H2,1H3. The molecular formula is C12H18BrN3. The van der Waals surface area contributed by atoms with Crippen molar-refractivity contribution in [3.05, 3.63) is 22.3 Å². The molecule has 1 aliphatic heterocycles.